The Labute approximate surface area is 123 Å². The van der Waals surface area contributed by atoms with Crippen molar-refractivity contribution in [1.82, 2.24) is 0 Å². The average Bonchev–Trinajstić information content (AvgIpc) is 2.32. The molecular formula is C15H12Br2O. The summed E-state index contributed by atoms with van der Waals surface area (Å²) in [7, 11) is 0. The number of rotatable bonds is 3. The topological polar surface area (TPSA) is 17.1 Å². The lowest BCUT2D eigenvalue weighted by molar-refractivity contribution is 0.0992. The normalized spacial score (nSPS) is 10.4. The molecule has 92 valence electrons. The molecule has 2 aromatic carbocycles. The molecule has 0 aromatic heterocycles. The van der Waals surface area contributed by atoms with Crippen LogP contribution in [0.1, 0.15) is 21.5 Å². The van der Waals surface area contributed by atoms with E-state index >= 15 is 0 Å². The van der Waals surface area contributed by atoms with Crippen molar-refractivity contribution in [2.45, 2.75) is 13.3 Å². The van der Waals surface area contributed by atoms with Crippen LogP contribution in [0.25, 0.3) is 0 Å². The van der Waals surface area contributed by atoms with Crippen molar-refractivity contribution in [1.29, 1.82) is 0 Å². The van der Waals surface area contributed by atoms with Crippen molar-refractivity contribution in [3.63, 3.8) is 0 Å². The zero-order valence-electron chi connectivity index (χ0n) is 9.91. The van der Waals surface area contributed by atoms with Gasteiger partial charge in [-0.05, 0) is 46.1 Å². The summed E-state index contributed by atoms with van der Waals surface area (Å²) in [6.07, 6.45) is 0.418. The largest absolute Gasteiger partial charge is 0.294 e. The lowest BCUT2D eigenvalue weighted by Crippen LogP contribution is -2.05. The third kappa shape index (κ3) is 3.09. The molecule has 0 amide bonds. The molecule has 0 fully saturated rings. The summed E-state index contributed by atoms with van der Waals surface area (Å²) in [5.41, 5.74) is 2.84. The number of Topliss-reactive ketones (excluding diaryl/α,β-unsaturated/α-hetero) is 1. The first-order valence-electron chi connectivity index (χ1n) is 5.60. The summed E-state index contributed by atoms with van der Waals surface area (Å²) >= 11 is 6.89. The van der Waals surface area contributed by atoms with E-state index < -0.39 is 0 Å². The van der Waals surface area contributed by atoms with Gasteiger partial charge in [-0.25, -0.2) is 0 Å². The van der Waals surface area contributed by atoms with E-state index in [1.807, 2.05) is 49.4 Å². The van der Waals surface area contributed by atoms with Crippen LogP contribution in [-0.2, 0) is 6.42 Å². The van der Waals surface area contributed by atoms with E-state index in [-0.39, 0.29) is 5.78 Å². The molecule has 0 aliphatic carbocycles. The smallest absolute Gasteiger partial charge is 0.168 e. The maximum atomic E-state index is 12.3. The van der Waals surface area contributed by atoms with E-state index in [0.29, 0.717) is 6.42 Å². The lowest BCUT2D eigenvalue weighted by atomic mass is 10.0. The summed E-state index contributed by atoms with van der Waals surface area (Å²) in [5.74, 6) is 0.128. The van der Waals surface area contributed by atoms with Gasteiger partial charge in [-0.15, -0.1) is 0 Å². The van der Waals surface area contributed by atoms with Crippen LogP contribution in [0.15, 0.2) is 51.4 Å². The molecule has 0 spiro atoms. The van der Waals surface area contributed by atoms with Crippen molar-refractivity contribution in [3.05, 3.63) is 68.1 Å². The minimum Gasteiger partial charge on any atom is -0.294 e. The van der Waals surface area contributed by atoms with E-state index in [0.717, 1.165) is 25.6 Å². The molecule has 0 radical (unpaired) electrons. The molecule has 0 N–H and O–H groups in total. The van der Waals surface area contributed by atoms with E-state index in [1.165, 1.54) is 0 Å². The SMILES string of the molecule is Cc1cccc(C(=O)Cc2cccc(Br)c2)c1Br. The average molecular weight is 368 g/mol. The van der Waals surface area contributed by atoms with E-state index in [1.54, 1.807) is 0 Å². The van der Waals surface area contributed by atoms with Crippen LogP contribution in [0.4, 0.5) is 0 Å². The van der Waals surface area contributed by atoms with E-state index in [9.17, 15) is 4.79 Å². The monoisotopic (exact) mass is 366 g/mol. The second-order valence-electron chi connectivity index (χ2n) is 4.17. The first-order chi connectivity index (χ1) is 8.58. The Bertz CT molecular complexity index is 591. The molecule has 3 heteroatoms. The van der Waals surface area contributed by atoms with Crippen molar-refractivity contribution in [3.8, 4) is 0 Å². The van der Waals surface area contributed by atoms with Gasteiger partial charge >= 0.3 is 0 Å². The highest BCUT2D eigenvalue weighted by Gasteiger charge is 2.12. The van der Waals surface area contributed by atoms with Crippen LogP contribution in [0.2, 0.25) is 0 Å². The molecule has 0 saturated carbocycles. The Kier molecular flexibility index (Phi) is 4.36. The molecule has 0 heterocycles. The molecule has 0 aliphatic rings. The molecule has 0 unspecified atom stereocenters. The standard InChI is InChI=1S/C15H12Br2O/c1-10-4-2-7-13(15(10)17)14(18)9-11-5-3-6-12(16)8-11/h2-8H,9H2,1H3. The van der Waals surface area contributed by atoms with Gasteiger partial charge in [-0.1, -0.05) is 46.3 Å². The summed E-state index contributed by atoms with van der Waals surface area (Å²) in [5, 5.41) is 0. The van der Waals surface area contributed by atoms with Crippen LogP contribution in [0.5, 0.6) is 0 Å². The Hall–Kier alpha value is -0.930. The zero-order chi connectivity index (χ0) is 13.1. The van der Waals surface area contributed by atoms with Gasteiger partial charge < -0.3 is 0 Å². The molecule has 0 saturated heterocycles. The molecular weight excluding hydrogens is 356 g/mol. The van der Waals surface area contributed by atoms with Crippen molar-refractivity contribution in [2.75, 3.05) is 0 Å². The van der Waals surface area contributed by atoms with Gasteiger partial charge in [-0.2, -0.15) is 0 Å². The first kappa shape index (κ1) is 13.5. The quantitative estimate of drug-likeness (QED) is 0.701. The fourth-order valence-corrected chi connectivity index (χ4v) is 2.72. The number of carbonyl (C=O) groups is 1. The Balaban J connectivity index is 2.25. The van der Waals surface area contributed by atoms with Gasteiger partial charge in [0.05, 0.1) is 0 Å². The number of benzene rings is 2. The predicted molar refractivity (Wildman–Crippen MR) is 81.1 cm³/mol. The van der Waals surface area contributed by atoms with Gasteiger partial charge in [0, 0.05) is 20.9 Å². The number of hydrogen-bond donors (Lipinski definition) is 0. The Morgan fingerprint density at radius 2 is 1.83 bits per heavy atom. The zero-order valence-corrected chi connectivity index (χ0v) is 13.1. The van der Waals surface area contributed by atoms with Crippen LogP contribution in [-0.4, -0.2) is 5.78 Å². The molecule has 2 aromatic rings. The minimum absolute atomic E-state index is 0.128. The number of carbonyl (C=O) groups excluding carboxylic acids is 1. The number of aryl methyl sites for hydroxylation is 1. The second-order valence-corrected chi connectivity index (χ2v) is 5.88. The summed E-state index contributed by atoms with van der Waals surface area (Å²) < 4.78 is 1.89. The van der Waals surface area contributed by atoms with Gasteiger partial charge in [0.2, 0.25) is 0 Å². The van der Waals surface area contributed by atoms with Crippen molar-refractivity contribution >= 4 is 37.6 Å². The number of ketones is 1. The van der Waals surface area contributed by atoms with Crippen molar-refractivity contribution in [2.24, 2.45) is 0 Å². The minimum atomic E-state index is 0.128. The van der Waals surface area contributed by atoms with Crippen LogP contribution in [0, 0.1) is 6.92 Å². The highest BCUT2D eigenvalue weighted by Crippen LogP contribution is 2.23. The summed E-state index contributed by atoms with van der Waals surface area (Å²) in [6, 6.07) is 13.6. The first-order valence-corrected chi connectivity index (χ1v) is 7.19. The third-order valence-corrected chi connectivity index (χ3v) is 4.29. The van der Waals surface area contributed by atoms with Crippen LogP contribution < -0.4 is 0 Å². The van der Waals surface area contributed by atoms with Gasteiger partial charge in [0.1, 0.15) is 0 Å². The maximum Gasteiger partial charge on any atom is 0.168 e. The molecule has 0 atom stereocenters. The highest BCUT2D eigenvalue weighted by molar-refractivity contribution is 9.10. The van der Waals surface area contributed by atoms with Crippen molar-refractivity contribution < 1.29 is 4.79 Å². The predicted octanol–water partition coefficient (Wildman–Crippen LogP) is 4.95. The second kappa shape index (κ2) is 5.81. The summed E-state index contributed by atoms with van der Waals surface area (Å²) in [4.78, 5) is 12.3. The van der Waals surface area contributed by atoms with Crippen LogP contribution >= 0.6 is 31.9 Å². The van der Waals surface area contributed by atoms with Gasteiger partial charge in [0.15, 0.2) is 5.78 Å². The fraction of sp³-hybridized carbons (Fsp3) is 0.133. The highest BCUT2D eigenvalue weighted by atomic mass is 79.9. The van der Waals surface area contributed by atoms with Crippen LogP contribution in [0.3, 0.4) is 0 Å². The van der Waals surface area contributed by atoms with Gasteiger partial charge in [0.25, 0.3) is 0 Å². The van der Waals surface area contributed by atoms with E-state index in [2.05, 4.69) is 31.9 Å². The third-order valence-electron chi connectivity index (χ3n) is 2.75. The Morgan fingerprint density at radius 3 is 2.56 bits per heavy atom. The molecule has 2 rings (SSSR count). The summed E-state index contributed by atoms with van der Waals surface area (Å²) in [6.45, 7) is 1.99. The molecule has 18 heavy (non-hydrogen) atoms. The fourth-order valence-electron chi connectivity index (χ4n) is 1.79. The molecule has 1 nitrogen and oxygen atoms in total. The number of halogens is 2. The maximum absolute atomic E-state index is 12.3. The van der Waals surface area contributed by atoms with Gasteiger partial charge in [-0.3, -0.25) is 4.79 Å². The van der Waals surface area contributed by atoms with E-state index in [4.69, 9.17) is 0 Å². The molecule has 0 aliphatic heterocycles. The molecule has 0 bridgehead atoms. The lowest BCUT2D eigenvalue weighted by Gasteiger charge is -2.06. The Morgan fingerprint density at radius 1 is 1.11 bits per heavy atom. The number of hydrogen-bond acceptors (Lipinski definition) is 1.